The van der Waals surface area contributed by atoms with Gasteiger partial charge in [-0.1, -0.05) is 61.6 Å². The maximum atomic E-state index is 13.5. The summed E-state index contributed by atoms with van der Waals surface area (Å²) in [4.78, 5) is 17.5. The predicted octanol–water partition coefficient (Wildman–Crippen LogP) is 6.12. The van der Waals surface area contributed by atoms with Crippen LogP contribution in [0.15, 0.2) is 86.3 Å². The van der Waals surface area contributed by atoms with Crippen LogP contribution in [-0.2, 0) is 11.3 Å². The summed E-state index contributed by atoms with van der Waals surface area (Å²) < 4.78 is 7.58. The predicted molar refractivity (Wildman–Crippen MR) is 127 cm³/mol. The number of nitrogens with zero attached hydrogens (tertiary/aromatic N) is 4. The number of carbonyl (C=O) groups is 1. The number of para-hydroxylation sites is 2. The number of carbonyl (C=O) groups excluding carboxylic acids is 1. The lowest BCUT2D eigenvalue weighted by molar-refractivity contribution is -0.115. The highest BCUT2D eigenvalue weighted by Crippen LogP contribution is 2.48. The summed E-state index contributed by atoms with van der Waals surface area (Å²) in [5, 5.41) is 9.43. The number of amides is 1. The third-order valence-electron chi connectivity index (χ3n) is 5.01. The number of benzene rings is 2. The molecule has 1 aliphatic heterocycles. The fourth-order valence-electron chi connectivity index (χ4n) is 3.68. The van der Waals surface area contributed by atoms with Gasteiger partial charge in [-0.25, -0.2) is 0 Å². The van der Waals surface area contributed by atoms with Crippen molar-refractivity contribution in [3.05, 3.63) is 66.9 Å². The monoisotopic (exact) mass is 462 g/mol. The van der Waals surface area contributed by atoms with E-state index in [9.17, 15) is 4.79 Å². The average molecular weight is 463 g/mol. The Morgan fingerprint density at radius 2 is 1.69 bits per heavy atom. The molecule has 2 aromatic heterocycles. The van der Waals surface area contributed by atoms with Gasteiger partial charge < -0.3 is 4.42 Å². The third kappa shape index (κ3) is 3.96. The van der Waals surface area contributed by atoms with E-state index >= 15 is 0 Å². The Morgan fingerprint density at radius 1 is 1.00 bits per heavy atom. The van der Waals surface area contributed by atoms with Gasteiger partial charge in [-0.15, -0.1) is 10.2 Å². The Morgan fingerprint density at radius 3 is 2.31 bits per heavy atom. The summed E-state index contributed by atoms with van der Waals surface area (Å²) in [6, 6.07) is 19.8. The van der Waals surface area contributed by atoms with Crippen LogP contribution in [0.5, 0.6) is 0 Å². The summed E-state index contributed by atoms with van der Waals surface area (Å²) in [6.45, 7) is 5.03. The number of fused-ring (bicyclic) bond motifs is 2. The van der Waals surface area contributed by atoms with Crippen molar-refractivity contribution in [2.75, 3.05) is 10.7 Å². The minimum Gasteiger partial charge on any atom is -0.461 e. The highest BCUT2D eigenvalue weighted by Gasteiger charge is 2.28. The van der Waals surface area contributed by atoms with Crippen LogP contribution in [0.2, 0.25) is 0 Å². The minimum absolute atomic E-state index is 0.00819. The van der Waals surface area contributed by atoms with E-state index in [0.717, 1.165) is 27.7 Å². The normalized spacial score (nSPS) is 12.7. The zero-order valence-corrected chi connectivity index (χ0v) is 19.4. The molecule has 0 bridgehead atoms. The Hall–Kier alpha value is -2.97. The van der Waals surface area contributed by atoms with E-state index in [0.29, 0.717) is 22.7 Å². The summed E-state index contributed by atoms with van der Waals surface area (Å²) in [5.41, 5.74) is 1.84. The van der Waals surface area contributed by atoms with Crippen LogP contribution in [0.3, 0.4) is 0 Å². The molecule has 0 saturated carbocycles. The van der Waals surface area contributed by atoms with Crippen LogP contribution in [0.4, 0.5) is 11.4 Å². The molecule has 0 saturated heterocycles. The maximum Gasteiger partial charge on any atom is 0.242 e. The summed E-state index contributed by atoms with van der Waals surface area (Å²) in [6.07, 6.45) is 1.63. The summed E-state index contributed by atoms with van der Waals surface area (Å²) in [7, 11) is 0. The van der Waals surface area contributed by atoms with Crippen LogP contribution in [0.25, 0.3) is 11.6 Å². The quantitative estimate of drug-likeness (QED) is 0.322. The number of anilines is 2. The SMILES string of the molecule is CC(C)Cn1c(SCC(=O)N2c3ccccc3Sc3ccccc32)nnc1-c1ccco1. The molecule has 5 rings (SSSR count). The number of aromatic nitrogens is 3. The van der Waals surface area contributed by atoms with Gasteiger partial charge in [-0.3, -0.25) is 14.3 Å². The van der Waals surface area contributed by atoms with Crippen molar-refractivity contribution in [1.29, 1.82) is 0 Å². The van der Waals surface area contributed by atoms with Gasteiger partial charge in [0, 0.05) is 16.3 Å². The van der Waals surface area contributed by atoms with Crippen LogP contribution < -0.4 is 4.90 Å². The van der Waals surface area contributed by atoms with E-state index in [-0.39, 0.29) is 11.7 Å². The number of thioether (sulfide) groups is 1. The first-order valence-corrected chi connectivity index (χ1v) is 12.2. The number of furan rings is 1. The van der Waals surface area contributed by atoms with Crippen molar-refractivity contribution in [3.63, 3.8) is 0 Å². The second kappa shape index (κ2) is 8.88. The van der Waals surface area contributed by atoms with Gasteiger partial charge in [0.2, 0.25) is 5.91 Å². The minimum atomic E-state index is 0.00819. The van der Waals surface area contributed by atoms with Gasteiger partial charge in [0.05, 0.1) is 23.4 Å². The van der Waals surface area contributed by atoms with Crippen LogP contribution in [-0.4, -0.2) is 26.4 Å². The molecule has 0 aliphatic carbocycles. The molecule has 2 aromatic carbocycles. The van der Waals surface area contributed by atoms with Gasteiger partial charge in [0.1, 0.15) is 0 Å². The molecule has 1 amide bonds. The average Bonchev–Trinajstić information content (AvgIpc) is 3.45. The zero-order valence-electron chi connectivity index (χ0n) is 17.8. The van der Waals surface area contributed by atoms with Crippen molar-refractivity contribution in [1.82, 2.24) is 14.8 Å². The Kier molecular flexibility index (Phi) is 5.80. The number of hydrogen-bond donors (Lipinski definition) is 0. The molecule has 0 fully saturated rings. The number of rotatable bonds is 6. The molecule has 6 nitrogen and oxygen atoms in total. The standard InChI is InChI=1S/C24H22N4O2S2/c1-16(2)14-27-23(19-10-7-13-30-19)25-26-24(27)31-15-22(29)28-17-8-3-5-11-20(17)32-21-12-6-4-9-18(21)28/h3-13,16H,14-15H2,1-2H3. The van der Waals surface area contributed by atoms with E-state index in [2.05, 4.69) is 36.2 Å². The van der Waals surface area contributed by atoms with E-state index in [4.69, 9.17) is 4.42 Å². The van der Waals surface area contributed by atoms with Gasteiger partial charge >= 0.3 is 0 Å². The lowest BCUT2D eigenvalue weighted by Gasteiger charge is -2.30. The van der Waals surface area contributed by atoms with E-state index in [1.165, 1.54) is 11.8 Å². The molecule has 8 heteroatoms. The molecule has 0 unspecified atom stereocenters. The summed E-state index contributed by atoms with van der Waals surface area (Å²) in [5.74, 6) is 2.01. The van der Waals surface area contributed by atoms with Crippen LogP contribution in [0, 0.1) is 5.92 Å². The van der Waals surface area contributed by atoms with Crippen molar-refractivity contribution in [3.8, 4) is 11.6 Å². The van der Waals surface area contributed by atoms with Gasteiger partial charge in [-0.05, 0) is 42.3 Å². The molecule has 32 heavy (non-hydrogen) atoms. The fraction of sp³-hybridized carbons (Fsp3) is 0.208. The molecule has 4 aromatic rings. The van der Waals surface area contributed by atoms with Crippen LogP contribution in [0.1, 0.15) is 13.8 Å². The fourth-order valence-corrected chi connectivity index (χ4v) is 5.53. The van der Waals surface area contributed by atoms with Crippen molar-refractivity contribution >= 4 is 40.8 Å². The molecule has 0 spiro atoms. The smallest absolute Gasteiger partial charge is 0.242 e. The Labute approximate surface area is 195 Å². The Bertz CT molecular complexity index is 1210. The Balaban J connectivity index is 1.43. The van der Waals surface area contributed by atoms with Crippen molar-refractivity contribution < 1.29 is 9.21 Å². The maximum absolute atomic E-state index is 13.5. The first kappa shape index (κ1) is 20.9. The molecular formula is C24H22N4O2S2. The second-order valence-electron chi connectivity index (χ2n) is 7.84. The van der Waals surface area contributed by atoms with E-state index in [1.54, 1.807) is 18.0 Å². The summed E-state index contributed by atoms with van der Waals surface area (Å²) >= 11 is 3.10. The molecule has 0 atom stereocenters. The van der Waals surface area contributed by atoms with Crippen molar-refractivity contribution in [2.45, 2.75) is 35.3 Å². The molecule has 1 aliphatic rings. The lowest BCUT2D eigenvalue weighted by Crippen LogP contribution is -2.30. The second-order valence-corrected chi connectivity index (χ2v) is 9.87. The number of hydrogen-bond acceptors (Lipinski definition) is 6. The van der Waals surface area contributed by atoms with Gasteiger partial charge in [0.15, 0.2) is 16.7 Å². The molecule has 0 radical (unpaired) electrons. The van der Waals surface area contributed by atoms with Crippen LogP contribution >= 0.6 is 23.5 Å². The highest BCUT2D eigenvalue weighted by atomic mass is 32.2. The molecule has 3 heterocycles. The van der Waals surface area contributed by atoms with E-state index in [1.807, 2.05) is 58.0 Å². The van der Waals surface area contributed by atoms with Gasteiger partial charge in [-0.2, -0.15) is 0 Å². The topological polar surface area (TPSA) is 64.2 Å². The molecule has 0 N–H and O–H groups in total. The zero-order chi connectivity index (χ0) is 22.1. The van der Waals surface area contributed by atoms with Gasteiger partial charge in [0.25, 0.3) is 0 Å². The van der Waals surface area contributed by atoms with Crippen molar-refractivity contribution in [2.24, 2.45) is 5.92 Å². The van der Waals surface area contributed by atoms with E-state index < -0.39 is 0 Å². The third-order valence-corrected chi connectivity index (χ3v) is 7.09. The largest absolute Gasteiger partial charge is 0.461 e. The molecular weight excluding hydrogens is 440 g/mol. The molecule has 162 valence electrons. The first-order chi connectivity index (χ1) is 15.6. The lowest BCUT2D eigenvalue weighted by atomic mass is 10.2. The first-order valence-electron chi connectivity index (χ1n) is 10.4. The highest BCUT2D eigenvalue weighted by molar-refractivity contribution is 8.00.